The minimum absolute atomic E-state index is 0.0288. The van der Waals surface area contributed by atoms with Gasteiger partial charge in [-0.3, -0.25) is 11.3 Å². The summed E-state index contributed by atoms with van der Waals surface area (Å²) >= 11 is 0. The van der Waals surface area contributed by atoms with Crippen molar-refractivity contribution in [2.24, 2.45) is 5.84 Å². The molecule has 0 radical (unpaired) electrons. The van der Waals surface area contributed by atoms with E-state index in [1.54, 1.807) is 6.26 Å². The molecule has 0 aliphatic heterocycles. The van der Waals surface area contributed by atoms with Crippen molar-refractivity contribution in [3.05, 3.63) is 54.0 Å². The van der Waals surface area contributed by atoms with E-state index >= 15 is 0 Å². The van der Waals surface area contributed by atoms with Gasteiger partial charge in [-0.15, -0.1) is 0 Å². The second kappa shape index (κ2) is 6.23. The Balaban J connectivity index is 2.21. The Hall–Kier alpha value is -1.78. The number of hydrogen-bond acceptors (Lipinski definition) is 4. The van der Waals surface area contributed by atoms with Crippen LogP contribution in [0.2, 0.25) is 0 Å². The normalized spacial score (nSPS) is 12.3. The Kier molecular flexibility index (Phi) is 4.39. The van der Waals surface area contributed by atoms with E-state index in [4.69, 9.17) is 15.0 Å². The van der Waals surface area contributed by atoms with Crippen LogP contribution in [0.4, 0.5) is 0 Å². The number of rotatable bonds is 6. The second-order valence-corrected chi connectivity index (χ2v) is 3.97. The second-order valence-electron chi connectivity index (χ2n) is 3.97. The van der Waals surface area contributed by atoms with E-state index in [1.165, 1.54) is 0 Å². The van der Waals surface area contributed by atoms with E-state index in [1.807, 2.05) is 43.3 Å². The first-order chi connectivity index (χ1) is 8.85. The van der Waals surface area contributed by atoms with Crippen LogP contribution in [0.1, 0.15) is 24.3 Å². The fourth-order valence-corrected chi connectivity index (χ4v) is 1.94. The average molecular weight is 246 g/mol. The number of para-hydroxylation sites is 1. The summed E-state index contributed by atoms with van der Waals surface area (Å²) in [5.74, 6) is 7.39. The molecule has 0 bridgehead atoms. The number of hydrazine groups is 1. The van der Waals surface area contributed by atoms with E-state index in [-0.39, 0.29) is 6.04 Å². The zero-order valence-corrected chi connectivity index (χ0v) is 10.4. The molecule has 0 saturated carbocycles. The van der Waals surface area contributed by atoms with E-state index in [0.717, 1.165) is 17.1 Å². The Morgan fingerprint density at radius 2 is 2.11 bits per heavy atom. The summed E-state index contributed by atoms with van der Waals surface area (Å²) in [6.07, 6.45) is 2.35. The van der Waals surface area contributed by atoms with Crippen molar-refractivity contribution in [1.29, 1.82) is 0 Å². The number of nitrogens with two attached hydrogens (primary N) is 1. The first kappa shape index (κ1) is 12.7. The lowest BCUT2D eigenvalue weighted by Gasteiger charge is -2.18. The molecule has 0 saturated heterocycles. The summed E-state index contributed by atoms with van der Waals surface area (Å²) in [6.45, 7) is 2.60. The molecular formula is C14H18N2O2. The highest BCUT2D eigenvalue weighted by Crippen LogP contribution is 2.27. The molecule has 2 aromatic rings. The predicted molar refractivity (Wildman–Crippen MR) is 70.1 cm³/mol. The maximum absolute atomic E-state index is 5.64. The number of hydrogen-bond donors (Lipinski definition) is 2. The topological polar surface area (TPSA) is 60.4 Å². The Morgan fingerprint density at radius 1 is 1.28 bits per heavy atom. The SMILES string of the molecule is CCOc1ccccc1C(Cc1ccco1)NN. The molecule has 96 valence electrons. The molecule has 4 heteroatoms. The molecule has 0 aliphatic carbocycles. The highest BCUT2D eigenvalue weighted by molar-refractivity contribution is 5.36. The molecule has 0 fully saturated rings. The monoisotopic (exact) mass is 246 g/mol. The van der Waals surface area contributed by atoms with E-state index in [0.29, 0.717) is 13.0 Å². The minimum Gasteiger partial charge on any atom is -0.494 e. The van der Waals surface area contributed by atoms with E-state index in [9.17, 15) is 0 Å². The number of nitrogens with one attached hydrogen (secondary N) is 1. The molecule has 1 unspecified atom stereocenters. The molecule has 0 spiro atoms. The standard InChI is InChI=1S/C14H18N2O2/c1-2-17-14-8-4-3-7-12(14)13(16-15)10-11-6-5-9-18-11/h3-9,13,16H,2,10,15H2,1H3. The van der Waals surface area contributed by atoms with Gasteiger partial charge in [-0.1, -0.05) is 18.2 Å². The first-order valence-electron chi connectivity index (χ1n) is 6.05. The van der Waals surface area contributed by atoms with Gasteiger partial charge in [-0.05, 0) is 25.1 Å². The summed E-state index contributed by atoms with van der Waals surface area (Å²) < 4.78 is 11.0. The van der Waals surface area contributed by atoms with Gasteiger partial charge in [0.2, 0.25) is 0 Å². The molecule has 1 heterocycles. The van der Waals surface area contributed by atoms with Crippen molar-refractivity contribution in [1.82, 2.24) is 5.43 Å². The van der Waals surface area contributed by atoms with Crippen molar-refractivity contribution < 1.29 is 9.15 Å². The fourth-order valence-electron chi connectivity index (χ4n) is 1.94. The van der Waals surface area contributed by atoms with Gasteiger partial charge >= 0.3 is 0 Å². The molecule has 1 aromatic heterocycles. The predicted octanol–water partition coefficient (Wildman–Crippen LogP) is 2.43. The van der Waals surface area contributed by atoms with Crippen molar-refractivity contribution >= 4 is 0 Å². The summed E-state index contributed by atoms with van der Waals surface area (Å²) in [7, 11) is 0. The van der Waals surface area contributed by atoms with Gasteiger partial charge in [0.25, 0.3) is 0 Å². The molecule has 1 aromatic carbocycles. The molecule has 0 amide bonds. The van der Waals surface area contributed by atoms with Gasteiger partial charge in [0.15, 0.2) is 0 Å². The minimum atomic E-state index is -0.0288. The van der Waals surface area contributed by atoms with Gasteiger partial charge in [-0.25, -0.2) is 0 Å². The summed E-state index contributed by atoms with van der Waals surface area (Å²) in [4.78, 5) is 0. The number of ether oxygens (including phenoxy) is 1. The summed E-state index contributed by atoms with van der Waals surface area (Å²) in [5, 5.41) is 0. The largest absolute Gasteiger partial charge is 0.494 e. The lowest BCUT2D eigenvalue weighted by Crippen LogP contribution is -2.29. The van der Waals surface area contributed by atoms with Crippen LogP contribution in [0.3, 0.4) is 0 Å². The van der Waals surface area contributed by atoms with Crippen LogP contribution in [0.5, 0.6) is 5.75 Å². The molecule has 2 rings (SSSR count). The maximum Gasteiger partial charge on any atom is 0.124 e. The third-order valence-electron chi connectivity index (χ3n) is 2.78. The van der Waals surface area contributed by atoms with Gasteiger partial charge < -0.3 is 9.15 Å². The maximum atomic E-state index is 5.64. The highest BCUT2D eigenvalue weighted by atomic mass is 16.5. The fraction of sp³-hybridized carbons (Fsp3) is 0.286. The lowest BCUT2D eigenvalue weighted by molar-refractivity contribution is 0.329. The van der Waals surface area contributed by atoms with Gasteiger partial charge in [0.05, 0.1) is 18.9 Å². The van der Waals surface area contributed by atoms with Crippen molar-refractivity contribution in [3.63, 3.8) is 0 Å². The third-order valence-corrected chi connectivity index (χ3v) is 2.78. The van der Waals surface area contributed by atoms with Crippen LogP contribution in [-0.2, 0) is 6.42 Å². The van der Waals surface area contributed by atoms with E-state index in [2.05, 4.69) is 5.43 Å². The smallest absolute Gasteiger partial charge is 0.124 e. The van der Waals surface area contributed by atoms with Crippen molar-refractivity contribution in [2.75, 3.05) is 6.61 Å². The third kappa shape index (κ3) is 2.91. The Labute approximate surface area is 107 Å². The van der Waals surface area contributed by atoms with Gasteiger partial charge in [0, 0.05) is 12.0 Å². The molecule has 4 nitrogen and oxygen atoms in total. The summed E-state index contributed by atoms with van der Waals surface area (Å²) in [6, 6.07) is 11.7. The molecule has 3 N–H and O–H groups in total. The van der Waals surface area contributed by atoms with E-state index < -0.39 is 0 Å². The van der Waals surface area contributed by atoms with Crippen LogP contribution in [0, 0.1) is 0 Å². The van der Waals surface area contributed by atoms with Gasteiger partial charge in [0.1, 0.15) is 11.5 Å². The first-order valence-corrected chi connectivity index (χ1v) is 6.05. The van der Waals surface area contributed by atoms with Crippen molar-refractivity contribution in [2.45, 2.75) is 19.4 Å². The van der Waals surface area contributed by atoms with Crippen molar-refractivity contribution in [3.8, 4) is 5.75 Å². The van der Waals surface area contributed by atoms with Crippen LogP contribution in [0.25, 0.3) is 0 Å². The molecular weight excluding hydrogens is 228 g/mol. The highest BCUT2D eigenvalue weighted by Gasteiger charge is 2.16. The Morgan fingerprint density at radius 3 is 2.78 bits per heavy atom. The molecule has 1 atom stereocenters. The quantitative estimate of drug-likeness (QED) is 0.607. The zero-order chi connectivity index (χ0) is 12.8. The van der Waals surface area contributed by atoms with Crippen LogP contribution >= 0.6 is 0 Å². The van der Waals surface area contributed by atoms with Crippen LogP contribution in [0.15, 0.2) is 47.1 Å². The summed E-state index contributed by atoms with van der Waals surface area (Å²) in [5.41, 5.74) is 3.86. The molecule has 0 aliphatic rings. The molecule has 18 heavy (non-hydrogen) atoms. The zero-order valence-electron chi connectivity index (χ0n) is 10.4. The number of furan rings is 1. The average Bonchev–Trinajstić information content (AvgIpc) is 2.90. The number of benzene rings is 1. The Bertz CT molecular complexity index is 468. The lowest BCUT2D eigenvalue weighted by atomic mass is 10.0. The van der Waals surface area contributed by atoms with Crippen LogP contribution < -0.4 is 16.0 Å². The van der Waals surface area contributed by atoms with Gasteiger partial charge in [-0.2, -0.15) is 0 Å². The van der Waals surface area contributed by atoms with Crippen LogP contribution in [-0.4, -0.2) is 6.61 Å².